The number of pyridine rings is 1. The Morgan fingerprint density at radius 1 is 0.969 bits per heavy atom. The van der Waals surface area contributed by atoms with Gasteiger partial charge in [-0.2, -0.15) is 0 Å². The summed E-state index contributed by atoms with van der Waals surface area (Å²) >= 11 is 0. The summed E-state index contributed by atoms with van der Waals surface area (Å²) in [6.07, 6.45) is 1.57. The van der Waals surface area contributed by atoms with Gasteiger partial charge in [-0.05, 0) is 48.0 Å². The molecule has 0 bridgehead atoms. The Morgan fingerprint density at radius 2 is 1.69 bits per heavy atom. The molecule has 0 aliphatic carbocycles. The van der Waals surface area contributed by atoms with E-state index in [9.17, 15) is 14.7 Å². The van der Waals surface area contributed by atoms with Gasteiger partial charge in [-0.15, -0.1) is 0 Å². The Kier molecular flexibility index (Phi) is 6.47. The molecule has 1 fully saturated rings. The average Bonchev–Trinajstić information content (AvgIpc) is 2.85. The molecule has 7 heteroatoms. The molecule has 0 atom stereocenters. The first-order valence-corrected chi connectivity index (χ1v) is 10.5. The van der Waals surface area contributed by atoms with Crippen molar-refractivity contribution >= 4 is 11.7 Å². The molecule has 1 N–H and O–H groups in total. The average molecular weight is 431 g/mol. The molecule has 3 aromatic rings. The van der Waals surface area contributed by atoms with Crippen LogP contribution < -0.4 is 4.74 Å². The molecule has 0 unspecified atom stereocenters. The molecule has 1 aromatic heterocycles. The van der Waals surface area contributed by atoms with Crippen LogP contribution in [-0.2, 0) is 6.54 Å². The molecule has 1 amide bonds. The fraction of sp³-hybridized carbons (Fsp3) is 0.240. The van der Waals surface area contributed by atoms with E-state index in [0.717, 1.165) is 25.2 Å². The Hall–Kier alpha value is -3.71. The number of aromatic hydroxyl groups is 1. The standard InChI is InChI=1S/C25H25N3O4/c1-32-22-15-19(24(30)23-4-2-3-9-26-23)14-20(16-22)25(31)28-12-10-27(11-13-28)17-18-5-7-21(29)8-6-18/h2-9,14-16,29H,10-13,17H2,1H3. The summed E-state index contributed by atoms with van der Waals surface area (Å²) < 4.78 is 5.34. The molecule has 1 aliphatic rings. The van der Waals surface area contributed by atoms with Crippen LogP contribution >= 0.6 is 0 Å². The predicted octanol–water partition coefficient (Wildman–Crippen LogP) is 2.98. The van der Waals surface area contributed by atoms with Crippen LogP contribution in [0.4, 0.5) is 0 Å². The fourth-order valence-electron chi connectivity index (χ4n) is 3.77. The Balaban J connectivity index is 1.45. The summed E-state index contributed by atoms with van der Waals surface area (Å²) in [5.41, 5.74) is 2.24. The van der Waals surface area contributed by atoms with Crippen molar-refractivity contribution in [2.45, 2.75) is 6.54 Å². The lowest BCUT2D eigenvalue weighted by atomic mass is 10.0. The van der Waals surface area contributed by atoms with Crippen molar-refractivity contribution in [3.63, 3.8) is 0 Å². The molecule has 7 nitrogen and oxygen atoms in total. The van der Waals surface area contributed by atoms with Gasteiger partial charge in [0.2, 0.25) is 5.78 Å². The van der Waals surface area contributed by atoms with Gasteiger partial charge in [-0.3, -0.25) is 19.5 Å². The molecule has 0 radical (unpaired) electrons. The van der Waals surface area contributed by atoms with Crippen LogP contribution in [0, 0.1) is 0 Å². The summed E-state index contributed by atoms with van der Waals surface area (Å²) in [6.45, 7) is 3.45. The number of piperazine rings is 1. The molecule has 4 rings (SSSR count). The number of amides is 1. The largest absolute Gasteiger partial charge is 0.508 e. The van der Waals surface area contributed by atoms with E-state index < -0.39 is 0 Å². The molecule has 1 saturated heterocycles. The number of phenols is 1. The van der Waals surface area contributed by atoms with Crippen LogP contribution in [0.15, 0.2) is 66.9 Å². The first kappa shape index (κ1) is 21.5. The Bertz CT molecular complexity index is 1090. The molecule has 0 spiro atoms. The number of rotatable bonds is 6. The van der Waals surface area contributed by atoms with Gasteiger partial charge >= 0.3 is 0 Å². The summed E-state index contributed by atoms with van der Waals surface area (Å²) in [7, 11) is 1.51. The number of nitrogens with zero attached hydrogens (tertiary/aromatic N) is 3. The van der Waals surface area contributed by atoms with Gasteiger partial charge < -0.3 is 14.7 Å². The summed E-state index contributed by atoms with van der Waals surface area (Å²) in [4.78, 5) is 34.2. The SMILES string of the molecule is COc1cc(C(=O)c2ccccn2)cc(C(=O)N2CCN(Cc3ccc(O)cc3)CC2)c1. The van der Waals surface area contributed by atoms with Crippen molar-refractivity contribution in [1.29, 1.82) is 0 Å². The number of carbonyl (C=O) groups excluding carboxylic acids is 2. The van der Waals surface area contributed by atoms with Crippen LogP contribution in [0.25, 0.3) is 0 Å². The van der Waals surface area contributed by atoms with Gasteiger partial charge in [0.05, 0.1) is 7.11 Å². The number of hydrogen-bond donors (Lipinski definition) is 1. The zero-order chi connectivity index (χ0) is 22.5. The molecular weight excluding hydrogens is 406 g/mol. The molecule has 2 aromatic carbocycles. The van der Waals surface area contributed by atoms with E-state index in [1.165, 1.54) is 7.11 Å². The maximum atomic E-state index is 13.2. The van der Waals surface area contributed by atoms with Crippen molar-refractivity contribution < 1.29 is 19.4 Å². The highest BCUT2D eigenvalue weighted by atomic mass is 16.5. The Morgan fingerprint density at radius 3 is 2.34 bits per heavy atom. The van der Waals surface area contributed by atoms with Crippen LogP contribution in [0.3, 0.4) is 0 Å². The smallest absolute Gasteiger partial charge is 0.254 e. The fourth-order valence-corrected chi connectivity index (χ4v) is 3.77. The number of ether oxygens (including phenoxy) is 1. The first-order chi connectivity index (χ1) is 15.5. The first-order valence-electron chi connectivity index (χ1n) is 10.5. The number of carbonyl (C=O) groups is 2. The van der Waals surface area contributed by atoms with Crippen molar-refractivity contribution in [2.24, 2.45) is 0 Å². The summed E-state index contributed by atoms with van der Waals surface area (Å²) in [5, 5.41) is 9.43. The maximum absolute atomic E-state index is 13.2. The third-order valence-electron chi connectivity index (χ3n) is 5.55. The minimum Gasteiger partial charge on any atom is -0.508 e. The van der Waals surface area contributed by atoms with E-state index in [1.54, 1.807) is 59.6 Å². The number of aromatic nitrogens is 1. The minimum absolute atomic E-state index is 0.122. The second-order valence-corrected chi connectivity index (χ2v) is 7.73. The number of phenolic OH excluding ortho intramolecular Hbond substituents is 1. The number of methoxy groups -OCH3 is 1. The van der Waals surface area contributed by atoms with Crippen molar-refractivity contribution in [3.05, 3.63) is 89.2 Å². The zero-order valence-corrected chi connectivity index (χ0v) is 17.9. The van der Waals surface area contributed by atoms with E-state index in [2.05, 4.69) is 9.88 Å². The lowest BCUT2D eigenvalue weighted by Crippen LogP contribution is -2.48. The second-order valence-electron chi connectivity index (χ2n) is 7.73. The summed E-state index contributed by atoms with van der Waals surface area (Å²) in [5.74, 6) is 0.338. The van der Waals surface area contributed by atoms with Gasteiger partial charge in [0.25, 0.3) is 5.91 Å². The van der Waals surface area contributed by atoms with Crippen LogP contribution in [0.5, 0.6) is 11.5 Å². The molecule has 1 aliphatic heterocycles. The highest BCUT2D eigenvalue weighted by molar-refractivity contribution is 6.09. The third kappa shape index (κ3) is 4.95. The lowest BCUT2D eigenvalue weighted by Gasteiger charge is -2.35. The van der Waals surface area contributed by atoms with Crippen molar-refractivity contribution in [2.75, 3.05) is 33.3 Å². The van der Waals surface area contributed by atoms with Crippen LogP contribution in [-0.4, -0.2) is 64.9 Å². The second kappa shape index (κ2) is 9.62. The van der Waals surface area contributed by atoms with Crippen molar-refractivity contribution in [1.82, 2.24) is 14.8 Å². The highest BCUT2D eigenvalue weighted by Crippen LogP contribution is 2.21. The van der Waals surface area contributed by atoms with Crippen LogP contribution in [0.2, 0.25) is 0 Å². The van der Waals surface area contributed by atoms with Gasteiger partial charge in [0.15, 0.2) is 0 Å². The van der Waals surface area contributed by atoms with E-state index in [4.69, 9.17) is 4.74 Å². The number of ketones is 1. The maximum Gasteiger partial charge on any atom is 0.254 e. The van der Waals surface area contributed by atoms with Gasteiger partial charge in [0, 0.05) is 50.0 Å². The molecule has 164 valence electrons. The molecular formula is C25H25N3O4. The van der Waals surface area contributed by atoms with Crippen LogP contribution in [0.1, 0.15) is 32.0 Å². The topological polar surface area (TPSA) is 83.0 Å². The number of benzene rings is 2. The monoisotopic (exact) mass is 431 g/mol. The van der Waals surface area contributed by atoms with E-state index >= 15 is 0 Å². The van der Waals surface area contributed by atoms with E-state index in [1.807, 2.05) is 12.1 Å². The molecule has 2 heterocycles. The normalized spacial score (nSPS) is 14.2. The van der Waals surface area contributed by atoms with Gasteiger partial charge in [-0.1, -0.05) is 18.2 Å². The van der Waals surface area contributed by atoms with E-state index in [-0.39, 0.29) is 17.4 Å². The summed E-state index contributed by atoms with van der Waals surface area (Å²) in [6, 6.07) is 17.2. The van der Waals surface area contributed by atoms with Gasteiger partial charge in [-0.25, -0.2) is 0 Å². The van der Waals surface area contributed by atoms with Crippen molar-refractivity contribution in [3.8, 4) is 11.5 Å². The number of hydrogen-bond acceptors (Lipinski definition) is 6. The van der Waals surface area contributed by atoms with E-state index in [0.29, 0.717) is 35.7 Å². The van der Waals surface area contributed by atoms with Gasteiger partial charge in [0.1, 0.15) is 17.2 Å². The third-order valence-corrected chi connectivity index (χ3v) is 5.55. The minimum atomic E-state index is -0.253. The molecule has 0 saturated carbocycles. The highest BCUT2D eigenvalue weighted by Gasteiger charge is 2.24. The zero-order valence-electron chi connectivity index (χ0n) is 17.9. The lowest BCUT2D eigenvalue weighted by molar-refractivity contribution is 0.0628. The Labute approximate surface area is 186 Å². The molecule has 32 heavy (non-hydrogen) atoms. The predicted molar refractivity (Wildman–Crippen MR) is 120 cm³/mol. The quantitative estimate of drug-likeness (QED) is 0.604.